The summed E-state index contributed by atoms with van der Waals surface area (Å²) in [6.45, 7) is 0. The van der Waals surface area contributed by atoms with Crippen molar-refractivity contribution in [2.24, 2.45) is 0 Å². The van der Waals surface area contributed by atoms with Gasteiger partial charge >= 0.3 is 0 Å². The average Bonchev–Trinajstić information content (AvgIpc) is 2.67. The number of benzene rings is 1. The molecule has 2 rings (SSSR count). The monoisotopic (exact) mass is 222 g/mol. The third-order valence-corrected chi connectivity index (χ3v) is 3.28. The van der Waals surface area contributed by atoms with E-state index in [1.165, 1.54) is 15.6 Å². The summed E-state index contributed by atoms with van der Waals surface area (Å²) < 4.78 is 1.36. The summed E-state index contributed by atoms with van der Waals surface area (Å²) in [7, 11) is 0. The van der Waals surface area contributed by atoms with Crippen molar-refractivity contribution < 1.29 is 0 Å². The van der Waals surface area contributed by atoms with Gasteiger partial charge < -0.3 is 0 Å². The van der Waals surface area contributed by atoms with Crippen molar-refractivity contribution in [3.05, 3.63) is 41.3 Å². The normalized spacial score (nSPS) is 11.5. The number of hydrogen-bond acceptors (Lipinski definition) is 1. The van der Waals surface area contributed by atoms with E-state index in [1.807, 2.05) is 0 Å². The van der Waals surface area contributed by atoms with Crippen molar-refractivity contribution >= 4 is 39.1 Å². The smallest absolute Gasteiger partial charge is 0.0414 e. The Morgan fingerprint density at radius 1 is 1.29 bits per heavy atom. The Labute approximate surface area is 92.8 Å². The molecule has 0 fully saturated rings. The maximum Gasteiger partial charge on any atom is 0.0414 e. The number of halogens is 1. The summed E-state index contributed by atoms with van der Waals surface area (Å²) in [5.74, 6) is 0.691. The number of fused-ring (bicyclic) bond motifs is 1. The first-order chi connectivity index (χ1) is 6.92. The van der Waals surface area contributed by atoms with Crippen LogP contribution in [0, 0.1) is 0 Å². The Balaban J connectivity index is 2.36. The lowest BCUT2D eigenvalue weighted by atomic mass is 10.1. The van der Waals surface area contributed by atoms with Gasteiger partial charge in [0.2, 0.25) is 0 Å². The average molecular weight is 223 g/mol. The van der Waals surface area contributed by atoms with Crippen molar-refractivity contribution in [1.82, 2.24) is 0 Å². The van der Waals surface area contributed by atoms with E-state index in [9.17, 15) is 0 Å². The molecule has 0 unspecified atom stereocenters. The van der Waals surface area contributed by atoms with Crippen LogP contribution in [0.2, 0.25) is 0 Å². The van der Waals surface area contributed by atoms with E-state index in [0.29, 0.717) is 5.88 Å². The van der Waals surface area contributed by atoms with Gasteiger partial charge in [-0.2, -0.15) is 0 Å². The largest absolute Gasteiger partial charge is 0.143 e. The van der Waals surface area contributed by atoms with Crippen LogP contribution in [-0.4, -0.2) is 5.88 Å². The predicted octanol–water partition coefficient (Wildman–Crippen LogP) is 4.54. The van der Waals surface area contributed by atoms with Crippen LogP contribution in [0.1, 0.15) is 12.0 Å². The first-order valence-electron chi connectivity index (χ1n) is 4.60. The van der Waals surface area contributed by atoms with Crippen LogP contribution in [0.5, 0.6) is 0 Å². The molecule has 1 aromatic carbocycles. The first-order valence-corrected chi connectivity index (χ1v) is 6.02. The van der Waals surface area contributed by atoms with E-state index in [2.05, 4.69) is 41.8 Å². The van der Waals surface area contributed by atoms with Crippen molar-refractivity contribution in [2.75, 3.05) is 5.88 Å². The molecule has 0 aliphatic rings. The molecule has 0 nitrogen and oxygen atoms in total. The summed E-state index contributed by atoms with van der Waals surface area (Å²) in [6, 6.07) is 8.53. The molecule has 0 aliphatic heterocycles. The molecule has 0 atom stereocenters. The minimum absolute atomic E-state index is 0.691. The molecule has 0 spiro atoms. The van der Waals surface area contributed by atoms with Crippen LogP contribution in [-0.2, 0) is 0 Å². The van der Waals surface area contributed by atoms with Crippen molar-refractivity contribution in [1.29, 1.82) is 0 Å². The maximum atomic E-state index is 5.62. The molecule has 0 bridgehead atoms. The SMILES string of the molecule is ClCCC=Cc1cccc2ccsc12. The van der Waals surface area contributed by atoms with E-state index >= 15 is 0 Å². The quantitative estimate of drug-likeness (QED) is 0.669. The standard InChI is InChI=1S/C12H11ClS/c13-8-2-1-4-10-5-3-6-11-7-9-14-12(10)11/h1,3-7,9H,2,8H2. The van der Waals surface area contributed by atoms with Gasteiger partial charge in [0.05, 0.1) is 0 Å². The van der Waals surface area contributed by atoms with Crippen molar-refractivity contribution in [3.8, 4) is 0 Å². The van der Waals surface area contributed by atoms with Gasteiger partial charge in [0.15, 0.2) is 0 Å². The Morgan fingerprint density at radius 2 is 2.21 bits per heavy atom. The van der Waals surface area contributed by atoms with Gasteiger partial charge in [0, 0.05) is 10.6 Å². The highest BCUT2D eigenvalue weighted by molar-refractivity contribution is 7.17. The predicted molar refractivity (Wildman–Crippen MR) is 66.2 cm³/mol. The molecular weight excluding hydrogens is 212 g/mol. The molecule has 1 aromatic heterocycles. The summed E-state index contributed by atoms with van der Waals surface area (Å²) in [5.41, 5.74) is 1.29. The fourth-order valence-corrected chi connectivity index (χ4v) is 2.44. The highest BCUT2D eigenvalue weighted by Crippen LogP contribution is 2.25. The Kier molecular flexibility index (Phi) is 3.22. The molecule has 2 heteroatoms. The molecule has 0 amide bonds. The van der Waals surface area contributed by atoms with Gasteiger partial charge in [-0.3, -0.25) is 0 Å². The Morgan fingerprint density at radius 3 is 3.07 bits per heavy atom. The second-order valence-corrected chi connectivity index (χ2v) is 4.36. The minimum Gasteiger partial charge on any atom is -0.143 e. The summed E-state index contributed by atoms with van der Waals surface area (Å²) in [4.78, 5) is 0. The summed E-state index contributed by atoms with van der Waals surface area (Å²) >= 11 is 7.40. The van der Waals surface area contributed by atoms with Gasteiger partial charge in [-0.05, 0) is 28.8 Å². The molecule has 0 saturated heterocycles. The number of hydrogen-bond donors (Lipinski definition) is 0. The highest BCUT2D eigenvalue weighted by atomic mass is 35.5. The van der Waals surface area contributed by atoms with Gasteiger partial charge in [-0.15, -0.1) is 22.9 Å². The summed E-state index contributed by atoms with van der Waals surface area (Å²) in [6.07, 6.45) is 5.21. The van der Waals surface area contributed by atoms with Crippen LogP contribution in [0.4, 0.5) is 0 Å². The molecule has 0 radical (unpaired) electrons. The number of rotatable bonds is 3. The molecular formula is C12H11ClS. The summed E-state index contributed by atoms with van der Waals surface area (Å²) in [5, 5.41) is 3.45. The Hall–Kier alpha value is -0.790. The van der Waals surface area contributed by atoms with Crippen molar-refractivity contribution in [2.45, 2.75) is 6.42 Å². The molecule has 14 heavy (non-hydrogen) atoms. The lowest BCUT2D eigenvalue weighted by Gasteiger charge is -1.95. The minimum atomic E-state index is 0.691. The third-order valence-electron chi connectivity index (χ3n) is 2.08. The lowest BCUT2D eigenvalue weighted by Crippen LogP contribution is -1.72. The molecule has 72 valence electrons. The van der Waals surface area contributed by atoms with E-state index in [-0.39, 0.29) is 0 Å². The fraction of sp³-hybridized carbons (Fsp3) is 0.167. The Bertz CT molecular complexity index is 442. The molecule has 1 heterocycles. The third kappa shape index (κ3) is 1.99. The van der Waals surface area contributed by atoms with E-state index in [1.54, 1.807) is 11.3 Å². The maximum absolute atomic E-state index is 5.62. The van der Waals surface area contributed by atoms with Crippen molar-refractivity contribution in [3.63, 3.8) is 0 Å². The van der Waals surface area contributed by atoms with Gasteiger partial charge in [-0.25, -0.2) is 0 Å². The number of alkyl halides is 1. The molecule has 0 saturated carbocycles. The molecule has 0 aliphatic carbocycles. The zero-order valence-electron chi connectivity index (χ0n) is 7.74. The van der Waals surface area contributed by atoms with Crippen LogP contribution in [0.15, 0.2) is 35.7 Å². The number of thiophene rings is 1. The fourth-order valence-electron chi connectivity index (χ4n) is 1.42. The van der Waals surface area contributed by atoms with Crippen LogP contribution < -0.4 is 0 Å². The van der Waals surface area contributed by atoms with Crippen LogP contribution in [0.25, 0.3) is 16.2 Å². The van der Waals surface area contributed by atoms with Crippen LogP contribution >= 0.6 is 22.9 Å². The lowest BCUT2D eigenvalue weighted by molar-refractivity contribution is 1.24. The van der Waals surface area contributed by atoms with Gasteiger partial charge in [0.25, 0.3) is 0 Å². The number of allylic oxidation sites excluding steroid dienone is 1. The first kappa shape index (κ1) is 9.75. The van der Waals surface area contributed by atoms with Crippen LogP contribution in [0.3, 0.4) is 0 Å². The van der Waals surface area contributed by atoms with E-state index in [4.69, 9.17) is 11.6 Å². The molecule has 0 N–H and O–H groups in total. The van der Waals surface area contributed by atoms with Gasteiger partial charge in [-0.1, -0.05) is 30.4 Å². The topological polar surface area (TPSA) is 0 Å². The zero-order valence-corrected chi connectivity index (χ0v) is 9.31. The zero-order chi connectivity index (χ0) is 9.80. The highest BCUT2D eigenvalue weighted by Gasteiger charge is 1.97. The second-order valence-electron chi connectivity index (χ2n) is 3.07. The van der Waals surface area contributed by atoms with Gasteiger partial charge in [0.1, 0.15) is 0 Å². The molecule has 2 aromatic rings. The van der Waals surface area contributed by atoms with E-state index in [0.717, 1.165) is 6.42 Å². The second kappa shape index (κ2) is 4.63. The van der Waals surface area contributed by atoms with E-state index < -0.39 is 0 Å².